The minimum atomic E-state index is 0. The van der Waals surface area contributed by atoms with Crippen LogP contribution in [0.25, 0.3) is 0 Å². The van der Waals surface area contributed by atoms with Gasteiger partial charge in [0.05, 0.1) is 0 Å². The molecule has 0 N–H and O–H groups in total. The highest BCUT2D eigenvalue weighted by atomic mass is 79.9. The molecule has 0 fully saturated rings. The summed E-state index contributed by atoms with van der Waals surface area (Å²) >= 11 is 0. The standard InChI is InChI=1S/C13H15N2.BrH/c1-11-8-12(2)15(10-14-11)9-13-6-4-3-5-7-13;/h3-8,10H,9H2,1-2H3;1H/q+1;/p-1. The minimum Gasteiger partial charge on any atom is -1.00 e. The molecule has 1 aromatic heterocycles. The summed E-state index contributed by atoms with van der Waals surface area (Å²) in [4.78, 5) is 4.30. The summed E-state index contributed by atoms with van der Waals surface area (Å²) in [6, 6.07) is 12.5. The zero-order chi connectivity index (χ0) is 10.7. The highest BCUT2D eigenvalue weighted by molar-refractivity contribution is 5.13. The first kappa shape index (κ1) is 12.8. The number of halogens is 1. The van der Waals surface area contributed by atoms with Crippen LogP contribution < -0.4 is 21.5 Å². The molecule has 0 aliphatic carbocycles. The van der Waals surface area contributed by atoms with E-state index in [-0.39, 0.29) is 17.0 Å². The Hall–Kier alpha value is -1.22. The van der Waals surface area contributed by atoms with Crippen LogP contribution >= 0.6 is 0 Å². The SMILES string of the molecule is Cc1cc(C)[n+](Cc2ccccc2)cn1.[Br-]. The molecule has 3 heteroatoms. The summed E-state index contributed by atoms with van der Waals surface area (Å²) in [5.74, 6) is 0. The van der Waals surface area contributed by atoms with Gasteiger partial charge in [-0.2, -0.15) is 0 Å². The van der Waals surface area contributed by atoms with Gasteiger partial charge in [0.1, 0.15) is 12.2 Å². The maximum atomic E-state index is 4.30. The zero-order valence-electron chi connectivity index (χ0n) is 9.52. The van der Waals surface area contributed by atoms with Gasteiger partial charge in [-0.25, -0.2) is 4.57 Å². The molecule has 0 unspecified atom stereocenters. The van der Waals surface area contributed by atoms with Crippen molar-refractivity contribution < 1.29 is 21.5 Å². The largest absolute Gasteiger partial charge is 1.00 e. The Morgan fingerprint density at radius 2 is 1.81 bits per heavy atom. The number of aryl methyl sites for hydroxylation is 2. The number of hydrogen-bond donors (Lipinski definition) is 0. The molecular weight excluding hydrogens is 264 g/mol. The molecule has 2 rings (SSSR count). The molecule has 1 aromatic carbocycles. The first-order valence-corrected chi connectivity index (χ1v) is 5.12. The third kappa shape index (κ3) is 3.14. The Kier molecular flexibility index (Phi) is 4.62. The molecule has 0 saturated carbocycles. The van der Waals surface area contributed by atoms with Crippen molar-refractivity contribution in [2.24, 2.45) is 0 Å². The van der Waals surface area contributed by atoms with E-state index in [4.69, 9.17) is 0 Å². The van der Waals surface area contributed by atoms with Crippen molar-refractivity contribution in [3.63, 3.8) is 0 Å². The van der Waals surface area contributed by atoms with Gasteiger partial charge in [-0.15, -0.1) is 0 Å². The molecule has 2 nitrogen and oxygen atoms in total. The number of nitrogens with zero attached hydrogens (tertiary/aromatic N) is 2. The van der Waals surface area contributed by atoms with Crippen LogP contribution in [0.1, 0.15) is 17.0 Å². The normalized spacial score (nSPS) is 9.62. The van der Waals surface area contributed by atoms with E-state index in [1.165, 1.54) is 11.3 Å². The molecule has 0 aliphatic rings. The first-order chi connectivity index (χ1) is 7.25. The highest BCUT2D eigenvalue weighted by Crippen LogP contribution is 1.99. The third-order valence-electron chi connectivity index (χ3n) is 2.47. The second-order valence-electron chi connectivity index (χ2n) is 3.79. The van der Waals surface area contributed by atoms with Crippen LogP contribution in [0, 0.1) is 13.8 Å². The predicted octanol–water partition coefficient (Wildman–Crippen LogP) is -0.962. The van der Waals surface area contributed by atoms with Gasteiger partial charge >= 0.3 is 0 Å². The molecule has 1 heterocycles. The minimum absolute atomic E-state index is 0. The van der Waals surface area contributed by atoms with Gasteiger partial charge in [-0.1, -0.05) is 35.3 Å². The number of benzene rings is 1. The fraction of sp³-hybridized carbons (Fsp3) is 0.231. The number of rotatable bonds is 2. The van der Waals surface area contributed by atoms with E-state index in [1.54, 1.807) is 0 Å². The Labute approximate surface area is 107 Å². The maximum Gasteiger partial charge on any atom is 0.286 e. The fourth-order valence-corrected chi connectivity index (χ4v) is 1.62. The monoisotopic (exact) mass is 278 g/mol. The molecule has 0 aliphatic heterocycles. The van der Waals surface area contributed by atoms with Crippen LogP contribution in [0.3, 0.4) is 0 Å². The van der Waals surface area contributed by atoms with E-state index in [1.807, 2.05) is 19.3 Å². The van der Waals surface area contributed by atoms with Crippen molar-refractivity contribution in [3.8, 4) is 0 Å². The van der Waals surface area contributed by atoms with Gasteiger partial charge in [-0.05, 0) is 12.5 Å². The van der Waals surface area contributed by atoms with Crippen LogP contribution in [0.5, 0.6) is 0 Å². The van der Waals surface area contributed by atoms with Crippen LogP contribution in [-0.4, -0.2) is 4.98 Å². The zero-order valence-corrected chi connectivity index (χ0v) is 11.1. The molecule has 0 atom stereocenters. The van der Waals surface area contributed by atoms with Gasteiger partial charge in [-0.3, -0.25) is 0 Å². The molecule has 0 radical (unpaired) electrons. The molecule has 16 heavy (non-hydrogen) atoms. The predicted molar refractivity (Wildman–Crippen MR) is 59.5 cm³/mol. The average molecular weight is 279 g/mol. The van der Waals surface area contributed by atoms with E-state index in [2.05, 4.69) is 46.8 Å². The van der Waals surface area contributed by atoms with Crippen molar-refractivity contribution in [2.75, 3.05) is 0 Å². The van der Waals surface area contributed by atoms with Crippen LogP contribution in [0.2, 0.25) is 0 Å². The average Bonchev–Trinajstić information content (AvgIpc) is 2.24. The van der Waals surface area contributed by atoms with Crippen molar-refractivity contribution >= 4 is 0 Å². The van der Waals surface area contributed by atoms with Crippen LogP contribution in [-0.2, 0) is 6.54 Å². The quantitative estimate of drug-likeness (QED) is 0.647. The Morgan fingerprint density at radius 1 is 1.12 bits per heavy atom. The summed E-state index contributed by atoms with van der Waals surface area (Å²) in [5, 5.41) is 0. The molecule has 0 spiro atoms. The Morgan fingerprint density at radius 3 is 2.44 bits per heavy atom. The Bertz CT molecular complexity index is 455. The van der Waals surface area contributed by atoms with Gasteiger partial charge in [0.25, 0.3) is 6.33 Å². The highest BCUT2D eigenvalue weighted by Gasteiger charge is 2.05. The molecule has 0 amide bonds. The lowest BCUT2D eigenvalue weighted by molar-refractivity contribution is -0.697. The van der Waals surface area contributed by atoms with Crippen molar-refractivity contribution in [1.29, 1.82) is 0 Å². The summed E-state index contributed by atoms with van der Waals surface area (Å²) < 4.78 is 2.16. The van der Waals surface area contributed by atoms with Crippen molar-refractivity contribution in [1.82, 2.24) is 4.98 Å². The van der Waals surface area contributed by atoms with Crippen LogP contribution in [0.15, 0.2) is 42.7 Å². The lowest BCUT2D eigenvalue weighted by Gasteiger charge is -2.02. The smallest absolute Gasteiger partial charge is 0.286 e. The van der Waals surface area contributed by atoms with Gasteiger partial charge in [0, 0.05) is 13.0 Å². The molecule has 0 saturated heterocycles. The summed E-state index contributed by atoms with van der Waals surface area (Å²) in [7, 11) is 0. The van der Waals surface area contributed by atoms with E-state index < -0.39 is 0 Å². The summed E-state index contributed by atoms with van der Waals surface area (Å²) in [5.41, 5.74) is 3.61. The van der Waals surface area contributed by atoms with E-state index >= 15 is 0 Å². The van der Waals surface area contributed by atoms with Gasteiger partial charge in [0.2, 0.25) is 0 Å². The van der Waals surface area contributed by atoms with E-state index in [0.29, 0.717) is 0 Å². The van der Waals surface area contributed by atoms with E-state index in [0.717, 1.165) is 12.2 Å². The second kappa shape index (κ2) is 5.75. The lowest BCUT2D eigenvalue weighted by Crippen LogP contribution is -3.00. The van der Waals surface area contributed by atoms with E-state index in [9.17, 15) is 0 Å². The number of hydrogen-bond acceptors (Lipinski definition) is 1. The molecule has 84 valence electrons. The van der Waals surface area contributed by atoms with Crippen molar-refractivity contribution in [3.05, 3.63) is 59.7 Å². The van der Waals surface area contributed by atoms with Crippen molar-refractivity contribution in [2.45, 2.75) is 20.4 Å². The van der Waals surface area contributed by atoms with Gasteiger partial charge in [0.15, 0.2) is 5.69 Å². The Balaban J connectivity index is 0.00000128. The maximum absolute atomic E-state index is 4.30. The molecule has 0 bridgehead atoms. The first-order valence-electron chi connectivity index (χ1n) is 5.12. The summed E-state index contributed by atoms with van der Waals surface area (Å²) in [6.07, 6.45) is 1.90. The number of aromatic nitrogens is 2. The van der Waals surface area contributed by atoms with Crippen LogP contribution in [0.4, 0.5) is 0 Å². The second-order valence-corrected chi connectivity index (χ2v) is 3.79. The topological polar surface area (TPSA) is 16.8 Å². The summed E-state index contributed by atoms with van der Waals surface area (Å²) in [6.45, 7) is 5.01. The fourth-order valence-electron chi connectivity index (χ4n) is 1.62. The van der Waals surface area contributed by atoms with Gasteiger partial charge < -0.3 is 17.0 Å². The third-order valence-corrected chi connectivity index (χ3v) is 2.47. The lowest BCUT2D eigenvalue weighted by atomic mass is 10.2. The molecule has 2 aromatic rings. The molecular formula is C13H15BrN2.